The zero-order chi connectivity index (χ0) is 18.4. The zero-order valence-electron chi connectivity index (χ0n) is 14.8. The van der Waals surface area contributed by atoms with E-state index in [0.29, 0.717) is 17.3 Å². The second-order valence-electron chi connectivity index (χ2n) is 6.94. The molecule has 6 nitrogen and oxygen atoms in total. The van der Waals surface area contributed by atoms with Crippen molar-refractivity contribution in [2.24, 2.45) is 0 Å². The summed E-state index contributed by atoms with van der Waals surface area (Å²) in [7, 11) is 0. The third kappa shape index (κ3) is 2.86. The Morgan fingerprint density at radius 1 is 1.19 bits per heavy atom. The first kappa shape index (κ1) is 16.3. The number of nitrogens with one attached hydrogen (secondary N) is 2. The number of ether oxygens (including phenoxy) is 1. The van der Waals surface area contributed by atoms with Crippen molar-refractivity contribution in [3.63, 3.8) is 0 Å². The molecule has 0 atom stereocenters. The number of halogens is 1. The summed E-state index contributed by atoms with van der Waals surface area (Å²) in [6.07, 6.45) is 5.71. The van der Waals surface area contributed by atoms with Crippen LogP contribution in [0.25, 0.3) is 10.9 Å². The van der Waals surface area contributed by atoms with E-state index >= 15 is 0 Å². The fourth-order valence-corrected chi connectivity index (χ4v) is 4.20. The molecule has 5 rings (SSSR count). The number of aromatic amines is 2. The summed E-state index contributed by atoms with van der Waals surface area (Å²) in [4.78, 5) is 3.26. The van der Waals surface area contributed by atoms with Crippen LogP contribution in [0.5, 0.6) is 11.5 Å². The minimum atomic E-state index is 0.618. The number of fused-ring (bicyclic) bond motifs is 2. The van der Waals surface area contributed by atoms with E-state index in [1.165, 1.54) is 16.7 Å². The number of tetrazole rings is 1. The standard InChI is InChI=1S/C20H18ClN5O/c1-11-10-22-18-6-5-13(9-16(11)18)27-20-15-4-2-3-14(15)12(7-17(20)21)8-19-23-25-26-24-19/h5-7,9-10,22H,2-4,8H2,1H3,(H,23,24,25,26). The van der Waals surface area contributed by atoms with Gasteiger partial charge in [-0.2, -0.15) is 5.21 Å². The third-order valence-electron chi connectivity index (χ3n) is 5.22. The molecule has 136 valence electrons. The molecule has 0 spiro atoms. The summed E-state index contributed by atoms with van der Waals surface area (Å²) < 4.78 is 6.28. The Kier molecular flexibility index (Phi) is 3.86. The molecular weight excluding hydrogens is 362 g/mol. The number of benzene rings is 2. The smallest absolute Gasteiger partial charge is 0.178 e. The molecule has 2 N–H and O–H groups in total. The second-order valence-corrected chi connectivity index (χ2v) is 7.35. The molecule has 0 bridgehead atoms. The van der Waals surface area contributed by atoms with E-state index in [0.717, 1.165) is 47.2 Å². The first-order valence-corrected chi connectivity index (χ1v) is 9.38. The lowest BCUT2D eigenvalue weighted by molar-refractivity contribution is 0.478. The topological polar surface area (TPSA) is 79.5 Å². The number of H-pyrrole nitrogens is 2. The van der Waals surface area contributed by atoms with Gasteiger partial charge < -0.3 is 9.72 Å². The van der Waals surface area contributed by atoms with Crippen molar-refractivity contribution in [3.8, 4) is 11.5 Å². The number of nitrogens with zero attached hydrogens (tertiary/aromatic N) is 3. The third-order valence-corrected chi connectivity index (χ3v) is 5.50. The molecule has 0 saturated carbocycles. The van der Waals surface area contributed by atoms with Gasteiger partial charge in [0.25, 0.3) is 0 Å². The molecule has 0 radical (unpaired) electrons. The molecule has 27 heavy (non-hydrogen) atoms. The van der Waals surface area contributed by atoms with Crippen LogP contribution in [0.1, 0.15) is 34.5 Å². The predicted octanol–water partition coefficient (Wildman–Crippen LogP) is 4.51. The van der Waals surface area contributed by atoms with Gasteiger partial charge in [0.05, 0.1) is 5.02 Å². The van der Waals surface area contributed by atoms with E-state index in [2.05, 4.69) is 38.6 Å². The molecule has 2 aromatic carbocycles. The van der Waals surface area contributed by atoms with Crippen LogP contribution < -0.4 is 4.74 Å². The maximum atomic E-state index is 6.64. The Morgan fingerprint density at radius 3 is 2.93 bits per heavy atom. The Bertz CT molecular complexity index is 1130. The van der Waals surface area contributed by atoms with E-state index in [9.17, 15) is 0 Å². The normalized spacial score (nSPS) is 13.3. The predicted molar refractivity (Wildman–Crippen MR) is 104 cm³/mol. The maximum absolute atomic E-state index is 6.64. The number of rotatable bonds is 4. The lowest BCUT2D eigenvalue weighted by atomic mass is 9.99. The molecule has 0 fully saturated rings. The van der Waals surface area contributed by atoms with Crippen LogP contribution in [-0.2, 0) is 19.3 Å². The van der Waals surface area contributed by atoms with Gasteiger partial charge >= 0.3 is 0 Å². The van der Waals surface area contributed by atoms with Gasteiger partial charge in [-0.3, -0.25) is 0 Å². The lowest BCUT2D eigenvalue weighted by Crippen LogP contribution is -2.00. The van der Waals surface area contributed by atoms with Crippen LogP contribution in [0.2, 0.25) is 5.02 Å². The van der Waals surface area contributed by atoms with Crippen molar-refractivity contribution in [3.05, 3.63) is 63.6 Å². The van der Waals surface area contributed by atoms with E-state index in [-0.39, 0.29) is 0 Å². The van der Waals surface area contributed by atoms with Crippen LogP contribution in [0.4, 0.5) is 0 Å². The highest BCUT2D eigenvalue weighted by Crippen LogP contribution is 2.42. The summed E-state index contributed by atoms with van der Waals surface area (Å²) in [6, 6.07) is 8.06. The minimum Gasteiger partial charge on any atom is -0.455 e. The van der Waals surface area contributed by atoms with Gasteiger partial charge in [-0.05, 0) is 72.7 Å². The summed E-state index contributed by atoms with van der Waals surface area (Å²) in [5, 5.41) is 16.1. The van der Waals surface area contributed by atoms with Crippen molar-refractivity contribution < 1.29 is 4.74 Å². The van der Waals surface area contributed by atoms with Crippen LogP contribution in [0, 0.1) is 6.92 Å². The molecule has 0 amide bonds. The first-order valence-electron chi connectivity index (χ1n) is 9.00. The van der Waals surface area contributed by atoms with Gasteiger partial charge in [-0.15, -0.1) is 10.2 Å². The highest BCUT2D eigenvalue weighted by molar-refractivity contribution is 6.32. The Hall–Kier alpha value is -2.86. The van der Waals surface area contributed by atoms with Gasteiger partial charge in [0, 0.05) is 23.5 Å². The zero-order valence-corrected chi connectivity index (χ0v) is 15.6. The molecular formula is C20H18ClN5O. The average Bonchev–Trinajstić information content (AvgIpc) is 3.40. The minimum absolute atomic E-state index is 0.618. The molecule has 0 saturated heterocycles. The van der Waals surface area contributed by atoms with Crippen LogP contribution >= 0.6 is 11.6 Å². The molecule has 0 aliphatic heterocycles. The Labute approximate surface area is 160 Å². The van der Waals surface area contributed by atoms with Gasteiger partial charge in [0.1, 0.15) is 11.5 Å². The number of hydrogen-bond donors (Lipinski definition) is 2. The molecule has 1 aliphatic rings. The Morgan fingerprint density at radius 2 is 2.07 bits per heavy atom. The molecule has 1 aliphatic carbocycles. The fraction of sp³-hybridized carbons (Fsp3) is 0.250. The molecule has 0 unspecified atom stereocenters. The SMILES string of the molecule is Cc1c[nH]c2ccc(Oc3c(Cl)cc(Cc4nn[nH]n4)c4c3CCC4)cc12. The van der Waals surface area contributed by atoms with Gasteiger partial charge in [0.2, 0.25) is 0 Å². The monoisotopic (exact) mass is 379 g/mol. The first-order chi connectivity index (χ1) is 13.2. The molecule has 7 heteroatoms. The quantitative estimate of drug-likeness (QED) is 0.546. The molecule has 2 aromatic heterocycles. The van der Waals surface area contributed by atoms with E-state index in [4.69, 9.17) is 16.3 Å². The van der Waals surface area contributed by atoms with Crippen LogP contribution in [-0.4, -0.2) is 25.6 Å². The molecule has 2 heterocycles. The highest BCUT2D eigenvalue weighted by Gasteiger charge is 2.24. The van der Waals surface area contributed by atoms with E-state index in [1.54, 1.807) is 0 Å². The fourth-order valence-electron chi connectivity index (χ4n) is 3.91. The van der Waals surface area contributed by atoms with Crippen LogP contribution in [0.15, 0.2) is 30.5 Å². The van der Waals surface area contributed by atoms with Gasteiger partial charge in [0.15, 0.2) is 5.82 Å². The number of aryl methyl sites for hydroxylation is 1. The number of hydrogen-bond acceptors (Lipinski definition) is 4. The largest absolute Gasteiger partial charge is 0.455 e. The summed E-state index contributed by atoms with van der Waals surface area (Å²) >= 11 is 6.64. The van der Waals surface area contributed by atoms with Crippen molar-refractivity contribution in [2.75, 3.05) is 0 Å². The van der Waals surface area contributed by atoms with Gasteiger partial charge in [-0.25, -0.2) is 0 Å². The lowest BCUT2D eigenvalue weighted by Gasteiger charge is -2.16. The average molecular weight is 380 g/mol. The van der Waals surface area contributed by atoms with Crippen molar-refractivity contribution in [1.82, 2.24) is 25.6 Å². The van der Waals surface area contributed by atoms with E-state index < -0.39 is 0 Å². The van der Waals surface area contributed by atoms with Gasteiger partial charge in [-0.1, -0.05) is 16.8 Å². The second kappa shape index (κ2) is 6.39. The highest BCUT2D eigenvalue weighted by atomic mass is 35.5. The van der Waals surface area contributed by atoms with Crippen molar-refractivity contribution in [1.29, 1.82) is 0 Å². The molecule has 4 aromatic rings. The number of aromatic nitrogens is 5. The van der Waals surface area contributed by atoms with Crippen molar-refractivity contribution in [2.45, 2.75) is 32.6 Å². The van der Waals surface area contributed by atoms with Crippen molar-refractivity contribution >= 4 is 22.5 Å². The van der Waals surface area contributed by atoms with Crippen LogP contribution in [0.3, 0.4) is 0 Å². The van der Waals surface area contributed by atoms with E-state index in [1.807, 2.05) is 24.4 Å². The summed E-state index contributed by atoms with van der Waals surface area (Å²) in [5.74, 6) is 2.24. The summed E-state index contributed by atoms with van der Waals surface area (Å²) in [6.45, 7) is 2.08. The maximum Gasteiger partial charge on any atom is 0.178 e. The summed E-state index contributed by atoms with van der Waals surface area (Å²) in [5.41, 5.74) is 5.96. The Balaban J connectivity index is 1.54.